The molecule has 1 aromatic heterocycles. The number of anilines is 1. The number of aryl methyl sites for hydroxylation is 3. The standard InChI is InChI=1S/C26H27NO5S/c1-5-9-22-24(26(28)31-6-2)20-15-21(18-10-7-8-11-19(18)25(20)32-22)27-33(29,30)23-14-16(3)12-13-17(23)4/h7-8,10-15,27H,5-6,9H2,1-4H3. The zero-order chi connectivity index (χ0) is 23.8. The second kappa shape index (κ2) is 8.90. The molecule has 0 amide bonds. The molecule has 33 heavy (non-hydrogen) atoms. The van der Waals surface area contributed by atoms with Gasteiger partial charge in [0.05, 0.1) is 17.2 Å². The van der Waals surface area contributed by atoms with E-state index >= 15 is 0 Å². The molecule has 0 aliphatic carbocycles. The highest BCUT2D eigenvalue weighted by atomic mass is 32.2. The van der Waals surface area contributed by atoms with Gasteiger partial charge in [0.2, 0.25) is 0 Å². The number of furan rings is 1. The Hall–Kier alpha value is -3.32. The van der Waals surface area contributed by atoms with Crippen LogP contribution in [-0.2, 0) is 21.2 Å². The van der Waals surface area contributed by atoms with Gasteiger partial charge in [-0.1, -0.05) is 43.3 Å². The molecule has 0 spiro atoms. The lowest BCUT2D eigenvalue weighted by atomic mass is 10.0. The third-order valence-electron chi connectivity index (χ3n) is 5.60. The molecule has 4 rings (SSSR count). The van der Waals surface area contributed by atoms with Crippen molar-refractivity contribution in [3.8, 4) is 0 Å². The highest BCUT2D eigenvalue weighted by Crippen LogP contribution is 2.38. The average molecular weight is 466 g/mol. The fraction of sp³-hybridized carbons (Fsp3) is 0.269. The molecule has 0 bridgehead atoms. The third kappa shape index (κ3) is 4.20. The van der Waals surface area contributed by atoms with Gasteiger partial charge < -0.3 is 9.15 Å². The number of carbonyl (C=O) groups is 1. The highest BCUT2D eigenvalue weighted by Gasteiger charge is 2.25. The van der Waals surface area contributed by atoms with E-state index in [2.05, 4.69) is 4.72 Å². The molecule has 0 unspecified atom stereocenters. The average Bonchev–Trinajstić information content (AvgIpc) is 3.14. The second-order valence-corrected chi connectivity index (χ2v) is 9.74. The molecular weight excluding hydrogens is 438 g/mol. The summed E-state index contributed by atoms with van der Waals surface area (Å²) in [6, 6.07) is 14.4. The van der Waals surface area contributed by atoms with Crippen LogP contribution >= 0.6 is 0 Å². The van der Waals surface area contributed by atoms with Crippen molar-refractivity contribution in [2.24, 2.45) is 0 Å². The molecular formula is C26H27NO5S. The van der Waals surface area contributed by atoms with Crippen LogP contribution in [0.1, 0.15) is 47.5 Å². The van der Waals surface area contributed by atoms with E-state index in [9.17, 15) is 13.2 Å². The number of hydrogen-bond donors (Lipinski definition) is 1. The van der Waals surface area contributed by atoms with Gasteiger partial charge in [-0.2, -0.15) is 0 Å². The van der Waals surface area contributed by atoms with E-state index in [4.69, 9.17) is 9.15 Å². The van der Waals surface area contributed by atoms with Crippen LogP contribution in [0.5, 0.6) is 0 Å². The molecule has 1 N–H and O–H groups in total. The summed E-state index contributed by atoms with van der Waals surface area (Å²) in [5.74, 6) is 0.0731. The van der Waals surface area contributed by atoms with E-state index in [0.29, 0.717) is 45.4 Å². The van der Waals surface area contributed by atoms with Gasteiger partial charge in [-0.3, -0.25) is 4.72 Å². The Bertz CT molecular complexity index is 1470. The van der Waals surface area contributed by atoms with Crippen molar-refractivity contribution in [2.45, 2.75) is 45.4 Å². The minimum Gasteiger partial charge on any atom is -0.462 e. The molecule has 172 valence electrons. The Kier molecular flexibility index (Phi) is 6.17. The Morgan fingerprint density at radius 3 is 2.42 bits per heavy atom. The van der Waals surface area contributed by atoms with Crippen LogP contribution < -0.4 is 4.72 Å². The lowest BCUT2D eigenvalue weighted by molar-refractivity contribution is 0.0526. The smallest absolute Gasteiger partial charge is 0.342 e. The summed E-state index contributed by atoms with van der Waals surface area (Å²) in [6.07, 6.45) is 1.36. The van der Waals surface area contributed by atoms with Crippen molar-refractivity contribution >= 4 is 43.4 Å². The zero-order valence-electron chi connectivity index (χ0n) is 19.2. The first kappa shape index (κ1) is 22.9. The Balaban J connectivity index is 1.97. The van der Waals surface area contributed by atoms with Gasteiger partial charge in [-0.15, -0.1) is 0 Å². The molecule has 0 atom stereocenters. The molecule has 0 saturated heterocycles. The number of esters is 1. The summed E-state index contributed by atoms with van der Waals surface area (Å²) in [5.41, 5.74) is 2.79. The summed E-state index contributed by atoms with van der Waals surface area (Å²) in [7, 11) is -3.87. The zero-order valence-corrected chi connectivity index (χ0v) is 20.0. The number of rotatable bonds is 7. The van der Waals surface area contributed by atoms with Gasteiger partial charge in [0, 0.05) is 22.6 Å². The first-order valence-electron chi connectivity index (χ1n) is 11.0. The van der Waals surface area contributed by atoms with Gasteiger partial charge in [-0.05, 0) is 50.5 Å². The number of benzene rings is 3. The van der Waals surface area contributed by atoms with Crippen LogP contribution in [0, 0.1) is 13.8 Å². The summed E-state index contributed by atoms with van der Waals surface area (Å²) in [5, 5.41) is 1.95. The van der Waals surface area contributed by atoms with E-state index in [1.165, 1.54) is 0 Å². The minimum absolute atomic E-state index is 0.219. The van der Waals surface area contributed by atoms with Crippen molar-refractivity contribution in [3.05, 3.63) is 71.0 Å². The highest BCUT2D eigenvalue weighted by molar-refractivity contribution is 7.92. The van der Waals surface area contributed by atoms with E-state index in [1.54, 1.807) is 32.0 Å². The monoisotopic (exact) mass is 465 g/mol. The number of nitrogens with one attached hydrogen (secondary N) is 1. The van der Waals surface area contributed by atoms with Crippen LogP contribution in [0.2, 0.25) is 0 Å². The minimum atomic E-state index is -3.87. The summed E-state index contributed by atoms with van der Waals surface area (Å²) >= 11 is 0. The maximum absolute atomic E-state index is 13.4. The maximum atomic E-state index is 13.4. The van der Waals surface area contributed by atoms with E-state index in [1.807, 2.05) is 44.2 Å². The van der Waals surface area contributed by atoms with Crippen molar-refractivity contribution in [3.63, 3.8) is 0 Å². The molecule has 1 heterocycles. The van der Waals surface area contributed by atoms with Crippen LogP contribution in [0.3, 0.4) is 0 Å². The van der Waals surface area contributed by atoms with Gasteiger partial charge in [0.15, 0.2) is 0 Å². The lowest BCUT2D eigenvalue weighted by Gasteiger charge is -2.14. The second-order valence-electron chi connectivity index (χ2n) is 8.09. The SMILES string of the molecule is CCCc1oc2c(cc(NS(=O)(=O)c3cc(C)ccc3C)c3ccccc32)c1C(=O)OCC. The fourth-order valence-electron chi connectivity index (χ4n) is 4.08. The van der Waals surface area contributed by atoms with Crippen LogP contribution in [0.15, 0.2) is 57.8 Å². The van der Waals surface area contributed by atoms with Crippen LogP contribution in [0.4, 0.5) is 5.69 Å². The summed E-state index contributed by atoms with van der Waals surface area (Å²) < 4.78 is 40.9. The first-order valence-corrected chi connectivity index (χ1v) is 12.5. The van der Waals surface area contributed by atoms with Gasteiger partial charge in [0.1, 0.15) is 16.9 Å². The Labute approximate surface area is 193 Å². The van der Waals surface area contributed by atoms with Crippen LogP contribution in [0.25, 0.3) is 21.7 Å². The van der Waals surface area contributed by atoms with Gasteiger partial charge >= 0.3 is 5.97 Å². The number of ether oxygens (including phenoxy) is 1. The lowest BCUT2D eigenvalue weighted by Crippen LogP contribution is -2.15. The van der Waals surface area contributed by atoms with E-state index in [-0.39, 0.29) is 11.5 Å². The van der Waals surface area contributed by atoms with E-state index in [0.717, 1.165) is 17.4 Å². The molecule has 6 nitrogen and oxygen atoms in total. The Morgan fingerprint density at radius 1 is 1.00 bits per heavy atom. The van der Waals surface area contributed by atoms with Crippen molar-refractivity contribution in [1.29, 1.82) is 0 Å². The van der Waals surface area contributed by atoms with Gasteiger partial charge in [-0.25, -0.2) is 13.2 Å². The molecule has 0 aliphatic rings. The number of carbonyl (C=O) groups excluding carboxylic acids is 1. The van der Waals surface area contributed by atoms with Crippen molar-refractivity contribution < 1.29 is 22.4 Å². The number of fused-ring (bicyclic) bond motifs is 3. The molecule has 0 fully saturated rings. The molecule has 7 heteroatoms. The van der Waals surface area contributed by atoms with Crippen LogP contribution in [-0.4, -0.2) is 21.0 Å². The van der Waals surface area contributed by atoms with Crippen molar-refractivity contribution in [2.75, 3.05) is 11.3 Å². The third-order valence-corrected chi connectivity index (χ3v) is 7.11. The van der Waals surface area contributed by atoms with Gasteiger partial charge in [0.25, 0.3) is 10.0 Å². The first-order chi connectivity index (χ1) is 15.8. The maximum Gasteiger partial charge on any atom is 0.342 e. The number of sulfonamides is 1. The normalized spacial score (nSPS) is 11.8. The topological polar surface area (TPSA) is 85.6 Å². The largest absolute Gasteiger partial charge is 0.462 e. The molecule has 0 saturated carbocycles. The quantitative estimate of drug-likeness (QED) is 0.332. The molecule has 3 aromatic carbocycles. The van der Waals surface area contributed by atoms with E-state index < -0.39 is 16.0 Å². The molecule has 4 aromatic rings. The summed E-state index contributed by atoms with van der Waals surface area (Å²) in [6.45, 7) is 7.60. The van der Waals surface area contributed by atoms with Crippen molar-refractivity contribution in [1.82, 2.24) is 0 Å². The fourth-order valence-corrected chi connectivity index (χ4v) is 5.48. The number of hydrogen-bond acceptors (Lipinski definition) is 5. The Morgan fingerprint density at radius 2 is 1.73 bits per heavy atom. The molecule has 0 radical (unpaired) electrons. The predicted octanol–water partition coefficient (Wildman–Crippen LogP) is 6.13. The molecule has 0 aliphatic heterocycles. The summed E-state index contributed by atoms with van der Waals surface area (Å²) in [4.78, 5) is 13.0. The predicted molar refractivity (Wildman–Crippen MR) is 130 cm³/mol.